The number of hydrogen-bond donors (Lipinski definition) is 1. The smallest absolute Gasteiger partial charge is 0.255 e. The molecule has 0 aliphatic heterocycles. The Bertz CT molecular complexity index is 1020. The minimum absolute atomic E-state index is 0.0897. The molecule has 0 heterocycles. The first-order chi connectivity index (χ1) is 14.3. The van der Waals surface area contributed by atoms with Gasteiger partial charge in [-0.2, -0.15) is 0 Å². The van der Waals surface area contributed by atoms with Crippen molar-refractivity contribution in [1.82, 2.24) is 0 Å². The Kier molecular flexibility index (Phi) is 6.68. The summed E-state index contributed by atoms with van der Waals surface area (Å²) in [6.45, 7) is 6.81. The Hall–Kier alpha value is -2.98. The lowest BCUT2D eigenvalue weighted by Crippen LogP contribution is -2.13. The van der Waals surface area contributed by atoms with E-state index >= 15 is 0 Å². The molecule has 0 saturated carbocycles. The predicted molar refractivity (Wildman–Crippen MR) is 122 cm³/mol. The van der Waals surface area contributed by atoms with E-state index < -0.39 is 0 Å². The summed E-state index contributed by atoms with van der Waals surface area (Å²) in [6, 6.07) is 20.4. The minimum atomic E-state index is -0.226. The Morgan fingerprint density at radius 1 is 1.00 bits per heavy atom. The summed E-state index contributed by atoms with van der Waals surface area (Å²) in [5.74, 6) is 1.20. The van der Waals surface area contributed by atoms with Crippen molar-refractivity contribution in [3.05, 3.63) is 88.4 Å². The van der Waals surface area contributed by atoms with Gasteiger partial charge < -0.3 is 14.8 Å². The number of benzene rings is 3. The summed E-state index contributed by atoms with van der Waals surface area (Å²) >= 11 is 5.99. The second kappa shape index (κ2) is 9.23. The molecule has 4 nitrogen and oxygen atoms in total. The van der Waals surface area contributed by atoms with Crippen LogP contribution in [0.1, 0.15) is 42.3 Å². The average molecular weight is 424 g/mol. The predicted octanol–water partition coefficient (Wildman–Crippen LogP) is 6.48. The lowest BCUT2D eigenvalue weighted by atomic mass is 9.87. The molecule has 0 radical (unpaired) electrons. The summed E-state index contributed by atoms with van der Waals surface area (Å²) in [5, 5.41) is 3.42. The van der Waals surface area contributed by atoms with Gasteiger partial charge in [0.1, 0.15) is 18.1 Å². The molecule has 0 unspecified atom stereocenters. The highest BCUT2D eigenvalue weighted by molar-refractivity contribution is 6.30. The topological polar surface area (TPSA) is 47.6 Å². The molecular weight excluding hydrogens is 398 g/mol. The zero-order chi connectivity index (χ0) is 21.7. The van der Waals surface area contributed by atoms with Crippen LogP contribution in [0.4, 0.5) is 5.69 Å². The van der Waals surface area contributed by atoms with E-state index in [9.17, 15) is 4.79 Å². The van der Waals surface area contributed by atoms with Crippen LogP contribution in [0.25, 0.3) is 0 Å². The molecule has 5 heteroatoms. The van der Waals surface area contributed by atoms with E-state index in [4.69, 9.17) is 21.1 Å². The second-order valence-electron chi connectivity index (χ2n) is 8.05. The van der Waals surface area contributed by atoms with Crippen molar-refractivity contribution < 1.29 is 14.3 Å². The molecule has 3 rings (SSSR count). The SMILES string of the molecule is COc1ccc(C(=O)Nc2cccc(Cl)c2)cc1COc1ccc(C(C)(C)C)cc1. The van der Waals surface area contributed by atoms with Gasteiger partial charge >= 0.3 is 0 Å². The monoisotopic (exact) mass is 423 g/mol. The lowest BCUT2D eigenvalue weighted by Gasteiger charge is -2.19. The number of carbonyl (C=O) groups is 1. The molecule has 1 N–H and O–H groups in total. The highest BCUT2D eigenvalue weighted by Gasteiger charge is 2.14. The van der Waals surface area contributed by atoms with Gasteiger partial charge in [-0.1, -0.05) is 50.6 Å². The van der Waals surface area contributed by atoms with Crippen molar-refractivity contribution in [3.8, 4) is 11.5 Å². The van der Waals surface area contributed by atoms with Crippen molar-refractivity contribution in [2.75, 3.05) is 12.4 Å². The summed E-state index contributed by atoms with van der Waals surface area (Å²) in [5.41, 5.74) is 3.27. The van der Waals surface area contributed by atoms with Gasteiger partial charge in [0.2, 0.25) is 0 Å². The minimum Gasteiger partial charge on any atom is -0.496 e. The van der Waals surface area contributed by atoms with Crippen LogP contribution in [0, 0.1) is 0 Å². The molecule has 156 valence electrons. The molecule has 0 aliphatic rings. The number of methoxy groups -OCH3 is 1. The molecule has 0 saturated heterocycles. The van der Waals surface area contributed by atoms with Crippen LogP contribution in [0.2, 0.25) is 5.02 Å². The van der Waals surface area contributed by atoms with E-state index in [2.05, 4.69) is 38.2 Å². The van der Waals surface area contributed by atoms with Crippen molar-refractivity contribution in [3.63, 3.8) is 0 Å². The molecule has 30 heavy (non-hydrogen) atoms. The maximum atomic E-state index is 12.6. The molecular formula is C25H26ClNO3. The molecule has 0 bridgehead atoms. The number of anilines is 1. The van der Waals surface area contributed by atoms with E-state index in [0.717, 1.165) is 11.3 Å². The number of nitrogens with one attached hydrogen (secondary N) is 1. The molecule has 0 atom stereocenters. The second-order valence-corrected chi connectivity index (χ2v) is 8.49. The largest absolute Gasteiger partial charge is 0.496 e. The summed E-state index contributed by atoms with van der Waals surface area (Å²) < 4.78 is 11.4. The molecule has 0 aromatic heterocycles. The normalized spacial score (nSPS) is 11.1. The zero-order valence-corrected chi connectivity index (χ0v) is 18.4. The van der Waals surface area contributed by atoms with Crippen molar-refractivity contribution in [2.24, 2.45) is 0 Å². The van der Waals surface area contributed by atoms with Gasteiger partial charge in [0.25, 0.3) is 5.91 Å². The standard InChI is InChI=1S/C25H26ClNO3/c1-25(2,3)19-9-11-22(12-10-19)30-16-18-14-17(8-13-23(18)29-4)24(28)27-21-7-5-6-20(26)15-21/h5-15H,16H2,1-4H3,(H,27,28). The highest BCUT2D eigenvalue weighted by atomic mass is 35.5. The molecule has 3 aromatic rings. The average Bonchev–Trinajstić information content (AvgIpc) is 2.71. The van der Waals surface area contributed by atoms with Crippen molar-refractivity contribution in [2.45, 2.75) is 32.8 Å². The first kappa shape index (κ1) is 21.7. The van der Waals surface area contributed by atoms with Crippen LogP contribution < -0.4 is 14.8 Å². The summed E-state index contributed by atoms with van der Waals surface area (Å²) in [6.07, 6.45) is 0. The number of ether oxygens (including phenoxy) is 2. The fourth-order valence-electron chi connectivity index (χ4n) is 3.01. The van der Waals surface area contributed by atoms with Crippen LogP contribution in [0.5, 0.6) is 11.5 Å². The van der Waals surface area contributed by atoms with Crippen LogP contribution >= 0.6 is 11.6 Å². The van der Waals surface area contributed by atoms with Crippen LogP contribution in [0.3, 0.4) is 0 Å². The Labute approximate surface area is 182 Å². The van der Waals surface area contributed by atoms with Gasteiger partial charge in [0.05, 0.1) is 7.11 Å². The lowest BCUT2D eigenvalue weighted by molar-refractivity contribution is 0.102. The van der Waals surface area contributed by atoms with Crippen molar-refractivity contribution >= 4 is 23.2 Å². The third-order valence-electron chi connectivity index (χ3n) is 4.74. The summed E-state index contributed by atoms with van der Waals surface area (Å²) in [7, 11) is 1.60. The molecule has 3 aromatic carbocycles. The van der Waals surface area contributed by atoms with Crippen LogP contribution in [-0.4, -0.2) is 13.0 Å². The number of hydrogen-bond acceptors (Lipinski definition) is 3. The number of amides is 1. The van der Waals surface area contributed by atoms with E-state index in [1.54, 1.807) is 49.6 Å². The van der Waals surface area contributed by atoms with E-state index in [0.29, 0.717) is 22.0 Å². The Morgan fingerprint density at radius 2 is 1.73 bits per heavy atom. The maximum Gasteiger partial charge on any atom is 0.255 e. The third kappa shape index (κ3) is 5.55. The van der Waals surface area contributed by atoms with Gasteiger partial charge in [-0.3, -0.25) is 4.79 Å². The number of carbonyl (C=O) groups excluding carboxylic acids is 1. The van der Waals surface area contributed by atoms with Gasteiger partial charge in [-0.25, -0.2) is 0 Å². The van der Waals surface area contributed by atoms with Gasteiger partial charge in [-0.05, 0) is 59.5 Å². The van der Waals surface area contributed by atoms with E-state index in [1.807, 2.05) is 12.1 Å². The Morgan fingerprint density at radius 3 is 2.37 bits per heavy atom. The van der Waals surface area contributed by atoms with Gasteiger partial charge in [-0.15, -0.1) is 0 Å². The first-order valence-electron chi connectivity index (χ1n) is 9.73. The number of halogens is 1. The fourth-order valence-corrected chi connectivity index (χ4v) is 3.20. The van der Waals surface area contributed by atoms with Crippen LogP contribution in [-0.2, 0) is 12.0 Å². The van der Waals surface area contributed by atoms with E-state index in [1.165, 1.54) is 5.56 Å². The molecule has 0 spiro atoms. The summed E-state index contributed by atoms with van der Waals surface area (Å²) in [4.78, 5) is 12.6. The van der Waals surface area contributed by atoms with Crippen molar-refractivity contribution in [1.29, 1.82) is 0 Å². The first-order valence-corrected chi connectivity index (χ1v) is 10.1. The third-order valence-corrected chi connectivity index (χ3v) is 4.97. The fraction of sp³-hybridized carbons (Fsp3) is 0.240. The number of rotatable bonds is 6. The molecule has 0 fully saturated rings. The zero-order valence-electron chi connectivity index (χ0n) is 17.7. The maximum absolute atomic E-state index is 12.6. The Balaban J connectivity index is 1.73. The van der Waals surface area contributed by atoms with E-state index in [-0.39, 0.29) is 17.9 Å². The quantitative estimate of drug-likeness (QED) is 0.493. The van der Waals surface area contributed by atoms with Gasteiger partial charge in [0, 0.05) is 21.8 Å². The molecule has 1 amide bonds. The van der Waals surface area contributed by atoms with Crippen LogP contribution in [0.15, 0.2) is 66.7 Å². The highest BCUT2D eigenvalue weighted by Crippen LogP contribution is 2.26. The molecule has 0 aliphatic carbocycles. The van der Waals surface area contributed by atoms with Gasteiger partial charge in [0.15, 0.2) is 0 Å².